The van der Waals surface area contributed by atoms with E-state index in [4.69, 9.17) is 4.74 Å². The van der Waals surface area contributed by atoms with Gasteiger partial charge in [-0.3, -0.25) is 0 Å². The van der Waals surface area contributed by atoms with Crippen LogP contribution in [0.1, 0.15) is 46.5 Å². The third-order valence-corrected chi connectivity index (χ3v) is 1.83. The molecule has 0 aromatic carbocycles. The highest BCUT2D eigenvalue weighted by molar-refractivity contribution is 5.76. The average molecular weight is 201 g/mol. The number of nitrogens with zero attached hydrogens (tertiary/aromatic N) is 1. The standard InChI is InChI=1S/C10H19NO3/c1-4-5-6-7-9(11-13)10(12)14-8(2)3/h8-9H,4-7H2,1-3H3. The molecule has 0 N–H and O–H groups in total. The molecule has 4 heteroatoms. The molecule has 0 saturated heterocycles. The molecule has 1 atom stereocenters. The zero-order valence-corrected chi connectivity index (χ0v) is 9.16. The Morgan fingerprint density at radius 2 is 2.00 bits per heavy atom. The van der Waals surface area contributed by atoms with Crippen LogP contribution in [0.3, 0.4) is 0 Å². The van der Waals surface area contributed by atoms with Gasteiger partial charge in [0.1, 0.15) is 0 Å². The summed E-state index contributed by atoms with van der Waals surface area (Å²) in [6, 6.07) is -0.816. The Labute approximate surface area is 85.0 Å². The first kappa shape index (κ1) is 13.1. The number of nitroso groups, excluding NO2 is 1. The summed E-state index contributed by atoms with van der Waals surface area (Å²) in [7, 11) is 0. The molecule has 0 heterocycles. The molecule has 0 rings (SSSR count). The monoisotopic (exact) mass is 201 g/mol. The van der Waals surface area contributed by atoms with Crippen LogP contribution in [0.2, 0.25) is 0 Å². The number of carbonyl (C=O) groups excluding carboxylic acids is 1. The molecule has 0 aliphatic carbocycles. The van der Waals surface area contributed by atoms with Crippen molar-refractivity contribution in [2.75, 3.05) is 0 Å². The molecule has 14 heavy (non-hydrogen) atoms. The zero-order chi connectivity index (χ0) is 11.0. The molecule has 1 unspecified atom stereocenters. The van der Waals surface area contributed by atoms with E-state index in [1.165, 1.54) is 0 Å². The summed E-state index contributed by atoms with van der Waals surface area (Å²) < 4.78 is 4.90. The second-order valence-corrected chi connectivity index (χ2v) is 3.60. The van der Waals surface area contributed by atoms with Crippen LogP contribution in [-0.4, -0.2) is 18.1 Å². The molecule has 0 radical (unpaired) electrons. The molecule has 0 spiro atoms. The predicted octanol–water partition coefficient (Wildman–Crippen LogP) is 2.65. The van der Waals surface area contributed by atoms with E-state index in [1.807, 2.05) is 0 Å². The van der Waals surface area contributed by atoms with E-state index in [-0.39, 0.29) is 6.10 Å². The number of hydrogen-bond donors (Lipinski definition) is 0. The highest BCUT2D eigenvalue weighted by atomic mass is 16.5. The summed E-state index contributed by atoms with van der Waals surface area (Å²) >= 11 is 0. The fraction of sp³-hybridized carbons (Fsp3) is 0.900. The molecule has 0 aromatic heterocycles. The molecule has 0 aliphatic rings. The Morgan fingerprint density at radius 1 is 1.36 bits per heavy atom. The molecule has 0 saturated carbocycles. The number of unbranched alkanes of at least 4 members (excludes halogenated alkanes) is 2. The minimum absolute atomic E-state index is 0.182. The number of rotatable bonds is 7. The largest absolute Gasteiger partial charge is 0.461 e. The summed E-state index contributed by atoms with van der Waals surface area (Å²) in [6.45, 7) is 5.58. The van der Waals surface area contributed by atoms with Crippen molar-refractivity contribution in [2.24, 2.45) is 5.18 Å². The van der Waals surface area contributed by atoms with Crippen LogP contribution in [-0.2, 0) is 9.53 Å². The van der Waals surface area contributed by atoms with E-state index < -0.39 is 12.0 Å². The van der Waals surface area contributed by atoms with E-state index in [9.17, 15) is 9.70 Å². The van der Waals surface area contributed by atoms with Gasteiger partial charge in [0.25, 0.3) is 0 Å². The van der Waals surface area contributed by atoms with Gasteiger partial charge in [0.2, 0.25) is 0 Å². The third-order valence-electron chi connectivity index (χ3n) is 1.83. The Kier molecular flexibility index (Phi) is 6.98. The maximum atomic E-state index is 11.3. The molecule has 0 aliphatic heterocycles. The maximum Gasteiger partial charge on any atom is 0.334 e. The van der Waals surface area contributed by atoms with Crippen molar-refractivity contribution in [1.82, 2.24) is 0 Å². The van der Waals surface area contributed by atoms with Gasteiger partial charge in [-0.1, -0.05) is 31.4 Å². The van der Waals surface area contributed by atoms with Gasteiger partial charge in [-0.25, -0.2) is 4.79 Å². The van der Waals surface area contributed by atoms with Crippen LogP contribution in [0.25, 0.3) is 0 Å². The van der Waals surface area contributed by atoms with Crippen molar-refractivity contribution in [3.63, 3.8) is 0 Å². The highest BCUT2D eigenvalue weighted by Crippen LogP contribution is 2.09. The van der Waals surface area contributed by atoms with Crippen molar-refractivity contribution >= 4 is 5.97 Å². The van der Waals surface area contributed by atoms with E-state index in [0.717, 1.165) is 19.3 Å². The van der Waals surface area contributed by atoms with E-state index in [0.29, 0.717) is 6.42 Å². The Bertz CT molecular complexity index is 180. The average Bonchev–Trinajstić information content (AvgIpc) is 2.11. The number of ether oxygens (including phenoxy) is 1. The van der Waals surface area contributed by atoms with Crippen LogP contribution in [0.4, 0.5) is 0 Å². The van der Waals surface area contributed by atoms with E-state index in [2.05, 4.69) is 12.1 Å². The SMILES string of the molecule is CCCCCC(N=O)C(=O)OC(C)C. The van der Waals surface area contributed by atoms with Crippen LogP contribution in [0.5, 0.6) is 0 Å². The van der Waals surface area contributed by atoms with Gasteiger partial charge in [-0.05, 0) is 20.3 Å². The first-order chi connectivity index (χ1) is 6.61. The summed E-state index contributed by atoms with van der Waals surface area (Å²) in [5.41, 5.74) is 0. The second kappa shape index (κ2) is 7.47. The molecule has 0 bridgehead atoms. The lowest BCUT2D eigenvalue weighted by Gasteiger charge is -2.11. The lowest BCUT2D eigenvalue weighted by atomic mass is 10.1. The molecule has 82 valence electrons. The Hall–Kier alpha value is -0.930. The van der Waals surface area contributed by atoms with Crippen molar-refractivity contribution in [3.8, 4) is 0 Å². The predicted molar refractivity (Wildman–Crippen MR) is 55.0 cm³/mol. The lowest BCUT2D eigenvalue weighted by molar-refractivity contribution is -0.149. The molecule has 0 amide bonds. The van der Waals surface area contributed by atoms with E-state index >= 15 is 0 Å². The topological polar surface area (TPSA) is 55.7 Å². The van der Waals surface area contributed by atoms with Gasteiger partial charge in [0, 0.05) is 0 Å². The van der Waals surface area contributed by atoms with Gasteiger partial charge in [0.05, 0.1) is 6.10 Å². The fourth-order valence-electron chi connectivity index (χ4n) is 1.11. The van der Waals surface area contributed by atoms with Crippen molar-refractivity contribution < 1.29 is 9.53 Å². The molecule has 0 fully saturated rings. The maximum absolute atomic E-state index is 11.3. The van der Waals surface area contributed by atoms with Gasteiger partial charge in [-0.15, -0.1) is 4.91 Å². The second-order valence-electron chi connectivity index (χ2n) is 3.60. The van der Waals surface area contributed by atoms with Crippen LogP contribution >= 0.6 is 0 Å². The van der Waals surface area contributed by atoms with Gasteiger partial charge in [-0.2, -0.15) is 0 Å². The van der Waals surface area contributed by atoms with Crippen LogP contribution in [0, 0.1) is 4.91 Å². The Morgan fingerprint density at radius 3 is 2.43 bits per heavy atom. The third kappa shape index (κ3) is 5.67. The molecular weight excluding hydrogens is 182 g/mol. The van der Waals surface area contributed by atoms with Crippen molar-refractivity contribution in [2.45, 2.75) is 58.6 Å². The zero-order valence-electron chi connectivity index (χ0n) is 9.16. The Balaban J connectivity index is 3.87. The molecule has 0 aromatic rings. The summed E-state index contributed by atoms with van der Waals surface area (Å²) in [4.78, 5) is 21.6. The van der Waals surface area contributed by atoms with Gasteiger partial charge < -0.3 is 4.74 Å². The highest BCUT2D eigenvalue weighted by Gasteiger charge is 2.20. The van der Waals surface area contributed by atoms with E-state index in [1.54, 1.807) is 13.8 Å². The summed E-state index contributed by atoms with van der Waals surface area (Å²) in [6.07, 6.45) is 3.24. The number of carbonyl (C=O) groups is 1. The molecular formula is C10H19NO3. The minimum Gasteiger partial charge on any atom is -0.461 e. The molecule has 4 nitrogen and oxygen atoms in total. The van der Waals surface area contributed by atoms with Gasteiger partial charge in [0.15, 0.2) is 6.04 Å². The smallest absolute Gasteiger partial charge is 0.334 e. The fourth-order valence-corrected chi connectivity index (χ4v) is 1.11. The van der Waals surface area contributed by atoms with Gasteiger partial charge >= 0.3 is 5.97 Å². The number of esters is 1. The minimum atomic E-state index is -0.816. The summed E-state index contributed by atoms with van der Waals surface area (Å²) in [5.74, 6) is -0.494. The van der Waals surface area contributed by atoms with Crippen molar-refractivity contribution in [1.29, 1.82) is 0 Å². The summed E-state index contributed by atoms with van der Waals surface area (Å²) in [5, 5.41) is 2.79. The van der Waals surface area contributed by atoms with Crippen LogP contribution in [0.15, 0.2) is 5.18 Å². The lowest BCUT2D eigenvalue weighted by Crippen LogP contribution is -2.24. The number of hydrogen-bond acceptors (Lipinski definition) is 4. The quantitative estimate of drug-likeness (QED) is 0.361. The van der Waals surface area contributed by atoms with Crippen LogP contribution < -0.4 is 0 Å². The first-order valence-corrected chi connectivity index (χ1v) is 5.14. The first-order valence-electron chi connectivity index (χ1n) is 5.14. The van der Waals surface area contributed by atoms with Crippen molar-refractivity contribution in [3.05, 3.63) is 4.91 Å². The normalized spacial score (nSPS) is 12.6.